The molecule has 0 aliphatic rings. The zero-order chi connectivity index (χ0) is 18.8. The molecular weight excluding hydrogens is 407 g/mol. The summed E-state index contributed by atoms with van der Waals surface area (Å²) in [5.74, 6) is -1.17. The highest BCUT2D eigenvalue weighted by Crippen LogP contribution is 2.37. The highest BCUT2D eigenvalue weighted by molar-refractivity contribution is 9.10. The third-order valence-corrected chi connectivity index (χ3v) is 4.58. The Labute approximate surface area is 155 Å². The van der Waals surface area contributed by atoms with E-state index in [1.807, 2.05) is 24.3 Å². The SMILES string of the molecule is COc1c(C(=O)Nc2ccc(F)c([N+](=O)[O-])c2)cc2ccccc2c1Br. The molecule has 0 spiro atoms. The molecule has 3 aromatic carbocycles. The molecule has 0 aromatic heterocycles. The molecule has 6 nitrogen and oxygen atoms in total. The van der Waals surface area contributed by atoms with Gasteiger partial charge in [0.25, 0.3) is 5.91 Å². The maximum Gasteiger partial charge on any atom is 0.306 e. The van der Waals surface area contributed by atoms with Crippen LogP contribution in [0.25, 0.3) is 10.8 Å². The van der Waals surface area contributed by atoms with Crippen LogP contribution in [0, 0.1) is 15.9 Å². The van der Waals surface area contributed by atoms with Gasteiger partial charge in [0.1, 0.15) is 5.75 Å². The van der Waals surface area contributed by atoms with Crippen LogP contribution in [-0.2, 0) is 0 Å². The molecule has 8 heteroatoms. The van der Waals surface area contributed by atoms with E-state index in [0.29, 0.717) is 10.2 Å². The van der Waals surface area contributed by atoms with Crippen molar-refractivity contribution in [1.82, 2.24) is 0 Å². The maximum atomic E-state index is 13.4. The first-order chi connectivity index (χ1) is 12.4. The van der Waals surface area contributed by atoms with Crippen LogP contribution in [0.5, 0.6) is 5.75 Å². The second-order valence-electron chi connectivity index (χ2n) is 5.37. The number of nitrogens with one attached hydrogen (secondary N) is 1. The minimum atomic E-state index is -0.973. The molecule has 0 bridgehead atoms. The Morgan fingerprint density at radius 1 is 1.23 bits per heavy atom. The van der Waals surface area contributed by atoms with Crippen LogP contribution in [0.3, 0.4) is 0 Å². The number of nitrogens with zero attached hydrogens (tertiary/aromatic N) is 1. The van der Waals surface area contributed by atoms with Crippen LogP contribution in [-0.4, -0.2) is 17.9 Å². The molecule has 1 N–H and O–H groups in total. The summed E-state index contributed by atoms with van der Waals surface area (Å²) >= 11 is 3.44. The molecular formula is C18H12BrFN2O4. The number of carbonyl (C=O) groups excluding carboxylic acids is 1. The van der Waals surface area contributed by atoms with E-state index in [1.165, 1.54) is 13.2 Å². The van der Waals surface area contributed by atoms with E-state index in [0.717, 1.165) is 22.9 Å². The van der Waals surface area contributed by atoms with E-state index in [4.69, 9.17) is 4.74 Å². The molecule has 0 saturated heterocycles. The van der Waals surface area contributed by atoms with Gasteiger partial charge in [-0.3, -0.25) is 14.9 Å². The van der Waals surface area contributed by atoms with E-state index >= 15 is 0 Å². The number of hydrogen-bond acceptors (Lipinski definition) is 4. The summed E-state index contributed by atoms with van der Waals surface area (Å²) in [6.45, 7) is 0. The minimum absolute atomic E-state index is 0.106. The van der Waals surface area contributed by atoms with Gasteiger partial charge >= 0.3 is 5.69 Å². The van der Waals surface area contributed by atoms with E-state index in [9.17, 15) is 19.3 Å². The molecule has 0 aliphatic heterocycles. The number of hydrogen-bond donors (Lipinski definition) is 1. The number of amides is 1. The van der Waals surface area contributed by atoms with Crippen molar-refractivity contribution in [1.29, 1.82) is 0 Å². The summed E-state index contributed by atoms with van der Waals surface area (Å²) in [4.78, 5) is 22.7. The Balaban J connectivity index is 2.03. The van der Waals surface area contributed by atoms with Crippen molar-refractivity contribution in [2.75, 3.05) is 12.4 Å². The standard InChI is InChI=1S/C18H12BrFN2O4/c1-26-17-13(8-10-4-2-3-5-12(10)16(17)19)18(23)21-11-6-7-14(20)15(9-11)22(24)25/h2-9H,1H3,(H,21,23). The van der Waals surface area contributed by atoms with Gasteiger partial charge in [0.05, 0.1) is 22.1 Å². The van der Waals surface area contributed by atoms with Gasteiger partial charge in [0.15, 0.2) is 0 Å². The highest BCUT2D eigenvalue weighted by atomic mass is 79.9. The van der Waals surface area contributed by atoms with Gasteiger partial charge in [0, 0.05) is 11.8 Å². The second kappa shape index (κ2) is 7.09. The van der Waals surface area contributed by atoms with E-state index in [1.54, 1.807) is 6.07 Å². The van der Waals surface area contributed by atoms with E-state index in [-0.39, 0.29) is 11.3 Å². The molecule has 0 fully saturated rings. The fraction of sp³-hybridized carbons (Fsp3) is 0.0556. The summed E-state index contributed by atoms with van der Waals surface area (Å²) < 4.78 is 19.4. The first-order valence-corrected chi connectivity index (χ1v) is 8.22. The van der Waals surface area contributed by atoms with Crippen LogP contribution in [0.2, 0.25) is 0 Å². The number of ether oxygens (including phenoxy) is 1. The molecule has 0 radical (unpaired) electrons. The number of fused-ring (bicyclic) bond motifs is 1. The van der Waals surface area contributed by atoms with Crippen molar-refractivity contribution in [3.8, 4) is 5.75 Å². The van der Waals surface area contributed by atoms with Crippen molar-refractivity contribution < 1.29 is 18.8 Å². The van der Waals surface area contributed by atoms with Gasteiger partial charge < -0.3 is 10.1 Å². The number of anilines is 1. The third-order valence-electron chi connectivity index (χ3n) is 3.79. The largest absolute Gasteiger partial charge is 0.495 e. The molecule has 0 unspecified atom stereocenters. The number of halogens is 2. The fourth-order valence-electron chi connectivity index (χ4n) is 2.58. The topological polar surface area (TPSA) is 81.5 Å². The zero-order valence-corrected chi connectivity index (χ0v) is 15.0. The number of rotatable bonds is 4. The van der Waals surface area contributed by atoms with Crippen molar-refractivity contribution in [2.45, 2.75) is 0 Å². The monoisotopic (exact) mass is 418 g/mol. The Kier molecular flexibility index (Phi) is 4.85. The third kappa shape index (κ3) is 3.23. The Morgan fingerprint density at radius 2 is 1.96 bits per heavy atom. The fourth-order valence-corrected chi connectivity index (χ4v) is 3.32. The van der Waals surface area contributed by atoms with Crippen molar-refractivity contribution in [3.05, 3.63) is 74.5 Å². The average Bonchev–Trinajstić information content (AvgIpc) is 2.63. The molecule has 3 aromatic rings. The predicted molar refractivity (Wildman–Crippen MR) is 99.2 cm³/mol. The van der Waals surface area contributed by atoms with Crippen molar-refractivity contribution in [2.24, 2.45) is 0 Å². The second-order valence-corrected chi connectivity index (χ2v) is 6.16. The Morgan fingerprint density at radius 3 is 2.65 bits per heavy atom. The predicted octanol–water partition coefficient (Wildman–Crippen LogP) is 4.91. The van der Waals surface area contributed by atoms with Crippen LogP contribution in [0.4, 0.5) is 15.8 Å². The molecule has 0 aliphatic carbocycles. The smallest absolute Gasteiger partial charge is 0.306 e. The van der Waals surface area contributed by atoms with E-state index in [2.05, 4.69) is 21.2 Å². The Hall–Kier alpha value is -3.00. The molecule has 3 rings (SSSR count). The van der Waals surface area contributed by atoms with Crippen molar-refractivity contribution >= 4 is 44.0 Å². The number of nitro groups is 1. The maximum absolute atomic E-state index is 13.4. The summed E-state index contributed by atoms with van der Waals surface area (Å²) in [6.07, 6.45) is 0. The van der Waals surface area contributed by atoms with Crippen molar-refractivity contribution in [3.63, 3.8) is 0 Å². The first kappa shape index (κ1) is 17.8. The lowest BCUT2D eigenvalue weighted by Crippen LogP contribution is -2.14. The van der Waals surface area contributed by atoms with Gasteiger partial charge in [-0.05, 0) is 44.9 Å². The van der Waals surface area contributed by atoms with Gasteiger partial charge in [-0.15, -0.1) is 0 Å². The average molecular weight is 419 g/mol. The van der Waals surface area contributed by atoms with Crippen LogP contribution in [0.15, 0.2) is 53.0 Å². The number of methoxy groups -OCH3 is 1. The molecule has 0 atom stereocenters. The summed E-state index contributed by atoms with van der Waals surface area (Å²) in [5.41, 5.74) is -0.367. The molecule has 132 valence electrons. The number of carbonyl (C=O) groups is 1. The van der Waals surface area contributed by atoms with Crippen LogP contribution < -0.4 is 10.1 Å². The quantitative estimate of drug-likeness (QED) is 0.481. The lowest BCUT2D eigenvalue weighted by molar-refractivity contribution is -0.387. The lowest BCUT2D eigenvalue weighted by atomic mass is 10.0. The van der Waals surface area contributed by atoms with Gasteiger partial charge in [-0.1, -0.05) is 24.3 Å². The molecule has 0 saturated carbocycles. The van der Waals surface area contributed by atoms with Gasteiger partial charge in [-0.25, -0.2) is 0 Å². The number of benzene rings is 3. The molecule has 1 amide bonds. The highest BCUT2D eigenvalue weighted by Gasteiger charge is 2.20. The zero-order valence-electron chi connectivity index (χ0n) is 13.5. The molecule has 0 heterocycles. The Bertz CT molecular complexity index is 1040. The summed E-state index contributed by atoms with van der Waals surface area (Å²) in [6, 6.07) is 12.2. The van der Waals surface area contributed by atoms with Gasteiger partial charge in [-0.2, -0.15) is 4.39 Å². The van der Waals surface area contributed by atoms with Crippen LogP contribution in [0.1, 0.15) is 10.4 Å². The van der Waals surface area contributed by atoms with Crippen LogP contribution >= 0.6 is 15.9 Å². The molecule has 26 heavy (non-hydrogen) atoms. The summed E-state index contributed by atoms with van der Waals surface area (Å²) in [5, 5.41) is 15.1. The summed E-state index contributed by atoms with van der Waals surface area (Å²) in [7, 11) is 1.44. The van der Waals surface area contributed by atoms with Gasteiger partial charge in [0.2, 0.25) is 5.82 Å². The normalized spacial score (nSPS) is 10.6. The first-order valence-electron chi connectivity index (χ1n) is 7.43. The lowest BCUT2D eigenvalue weighted by Gasteiger charge is -2.13. The number of nitro benzene ring substituents is 1. The minimum Gasteiger partial charge on any atom is -0.495 e. The van der Waals surface area contributed by atoms with E-state index < -0.39 is 22.3 Å².